The first-order chi connectivity index (χ1) is 11.9. The Bertz CT molecular complexity index is 679. The van der Waals surface area contributed by atoms with Gasteiger partial charge < -0.3 is 5.32 Å². The number of carbonyl (C=O) groups is 3. The number of nitrogens with one attached hydrogen (secondary N) is 1. The Hall–Kier alpha value is -2.17. The van der Waals surface area contributed by atoms with Gasteiger partial charge in [0, 0.05) is 6.54 Å². The molecule has 1 aromatic carbocycles. The Morgan fingerprint density at radius 2 is 1.56 bits per heavy atom. The fourth-order valence-corrected chi connectivity index (χ4v) is 4.26. The first-order valence-corrected chi connectivity index (χ1v) is 9.07. The molecule has 0 bridgehead atoms. The van der Waals surface area contributed by atoms with Crippen molar-refractivity contribution in [2.75, 3.05) is 6.54 Å². The minimum absolute atomic E-state index is 0.158. The van der Waals surface area contributed by atoms with Crippen molar-refractivity contribution in [3.05, 3.63) is 34.4 Å². The highest BCUT2D eigenvalue weighted by atomic mass is 16.2. The van der Waals surface area contributed by atoms with Gasteiger partial charge in [0.2, 0.25) is 17.7 Å². The molecule has 1 saturated carbocycles. The fourth-order valence-electron chi connectivity index (χ4n) is 4.26. The lowest BCUT2D eigenvalue weighted by Crippen LogP contribution is -2.40. The summed E-state index contributed by atoms with van der Waals surface area (Å²) in [5, 5.41) is 2.86. The van der Waals surface area contributed by atoms with E-state index in [-0.39, 0.29) is 36.1 Å². The van der Waals surface area contributed by atoms with Gasteiger partial charge in [0.15, 0.2) is 0 Å². The van der Waals surface area contributed by atoms with Crippen LogP contribution in [0, 0.1) is 32.6 Å². The summed E-state index contributed by atoms with van der Waals surface area (Å²) in [7, 11) is 0. The van der Waals surface area contributed by atoms with Crippen molar-refractivity contribution < 1.29 is 14.4 Å². The lowest BCUT2D eigenvalue weighted by molar-refractivity contribution is -0.143. The topological polar surface area (TPSA) is 66.5 Å². The van der Waals surface area contributed by atoms with Gasteiger partial charge in [-0.1, -0.05) is 30.5 Å². The summed E-state index contributed by atoms with van der Waals surface area (Å²) in [6, 6.07) is 4.18. The zero-order valence-corrected chi connectivity index (χ0v) is 15.2. The standard InChI is InChI=1S/C20H26N2O3/c1-12-8-13(2)17(14(3)9-12)10-21-18(23)11-22-19(24)15-6-4-5-7-16(15)20(22)25/h8-9,15-16H,4-7,10-11H2,1-3H3,(H,21,23). The molecule has 1 aliphatic heterocycles. The minimum Gasteiger partial charge on any atom is -0.350 e. The van der Waals surface area contributed by atoms with Gasteiger partial charge in [-0.3, -0.25) is 19.3 Å². The predicted octanol–water partition coefficient (Wildman–Crippen LogP) is 2.40. The van der Waals surface area contributed by atoms with Crippen LogP contribution in [-0.2, 0) is 20.9 Å². The average molecular weight is 342 g/mol. The third kappa shape index (κ3) is 3.46. The van der Waals surface area contributed by atoms with Gasteiger partial charge in [-0.15, -0.1) is 0 Å². The van der Waals surface area contributed by atoms with Crippen LogP contribution >= 0.6 is 0 Å². The van der Waals surface area contributed by atoms with Gasteiger partial charge >= 0.3 is 0 Å². The Morgan fingerprint density at radius 1 is 1.04 bits per heavy atom. The van der Waals surface area contributed by atoms with E-state index in [1.54, 1.807) is 0 Å². The van der Waals surface area contributed by atoms with E-state index in [9.17, 15) is 14.4 Å². The number of nitrogens with zero attached hydrogens (tertiary/aromatic N) is 1. The maximum Gasteiger partial charge on any atom is 0.240 e. The summed E-state index contributed by atoms with van der Waals surface area (Å²) in [6.07, 6.45) is 3.53. The molecule has 1 heterocycles. The Balaban J connectivity index is 1.62. The largest absolute Gasteiger partial charge is 0.350 e. The van der Waals surface area contributed by atoms with E-state index in [4.69, 9.17) is 0 Å². The SMILES string of the molecule is Cc1cc(C)c(CNC(=O)CN2C(=O)C3CCCCC3C2=O)c(C)c1. The lowest BCUT2D eigenvalue weighted by Gasteiger charge is -2.19. The average Bonchev–Trinajstić information content (AvgIpc) is 2.79. The van der Waals surface area contributed by atoms with Crippen molar-refractivity contribution in [2.45, 2.75) is 53.0 Å². The third-order valence-electron chi connectivity index (χ3n) is 5.54. The van der Waals surface area contributed by atoms with Gasteiger partial charge in [-0.25, -0.2) is 0 Å². The molecule has 5 nitrogen and oxygen atoms in total. The number of imide groups is 1. The van der Waals surface area contributed by atoms with Crippen molar-refractivity contribution in [1.82, 2.24) is 10.2 Å². The number of rotatable bonds is 4. The quantitative estimate of drug-likeness (QED) is 0.855. The van der Waals surface area contributed by atoms with Crippen molar-refractivity contribution in [3.63, 3.8) is 0 Å². The van der Waals surface area contributed by atoms with Gasteiger partial charge in [0.1, 0.15) is 6.54 Å². The number of benzene rings is 1. The van der Waals surface area contributed by atoms with E-state index in [0.717, 1.165) is 42.4 Å². The van der Waals surface area contributed by atoms with Crippen LogP contribution in [0.1, 0.15) is 47.9 Å². The number of fused-ring (bicyclic) bond motifs is 1. The first kappa shape index (κ1) is 17.6. The molecule has 2 aliphatic rings. The van der Waals surface area contributed by atoms with E-state index in [1.165, 1.54) is 10.5 Å². The molecular weight excluding hydrogens is 316 g/mol. The molecule has 134 valence electrons. The van der Waals surface area contributed by atoms with E-state index < -0.39 is 0 Å². The highest BCUT2D eigenvalue weighted by Gasteiger charge is 2.48. The van der Waals surface area contributed by atoms with Gasteiger partial charge in [0.05, 0.1) is 11.8 Å². The summed E-state index contributed by atoms with van der Waals surface area (Å²) < 4.78 is 0. The number of carbonyl (C=O) groups excluding carboxylic acids is 3. The fraction of sp³-hybridized carbons (Fsp3) is 0.550. The molecule has 1 N–H and O–H groups in total. The van der Waals surface area contributed by atoms with Crippen LogP contribution in [0.2, 0.25) is 0 Å². The normalized spacial score (nSPS) is 22.9. The third-order valence-corrected chi connectivity index (χ3v) is 5.54. The molecule has 0 radical (unpaired) electrons. The summed E-state index contributed by atoms with van der Waals surface area (Å²) in [5.74, 6) is -0.994. The Labute approximate surface area is 148 Å². The van der Waals surface area contributed by atoms with Crippen molar-refractivity contribution in [3.8, 4) is 0 Å². The van der Waals surface area contributed by atoms with Crippen LogP contribution in [0.15, 0.2) is 12.1 Å². The molecular formula is C20H26N2O3. The zero-order valence-electron chi connectivity index (χ0n) is 15.2. The molecule has 2 fully saturated rings. The van der Waals surface area contributed by atoms with E-state index in [2.05, 4.69) is 17.4 Å². The molecule has 3 amide bonds. The van der Waals surface area contributed by atoms with Crippen LogP contribution in [-0.4, -0.2) is 29.2 Å². The van der Waals surface area contributed by atoms with Gasteiger partial charge in [0.25, 0.3) is 0 Å². The van der Waals surface area contributed by atoms with Crippen LogP contribution in [0.3, 0.4) is 0 Å². The van der Waals surface area contributed by atoms with Crippen LogP contribution in [0.4, 0.5) is 0 Å². The molecule has 1 aromatic rings. The summed E-state index contributed by atoms with van der Waals surface area (Å²) >= 11 is 0. The maximum absolute atomic E-state index is 12.4. The van der Waals surface area contributed by atoms with Crippen molar-refractivity contribution >= 4 is 17.7 Å². The first-order valence-electron chi connectivity index (χ1n) is 9.07. The monoisotopic (exact) mass is 342 g/mol. The van der Waals surface area contributed by atoms with Crippen LogP contribution < -0.4 is 5.32 Å². The number of hydrogen-bond acceptors (Lipinski definition) is 3. The lowest BCUT2D eigenvalue weighted by atomic mass is 9.81. The van der Waals surface area contributed by atoms with Crippen LogP contribution in [0.5, 0.6) is 0 Å². The van der Waals surface area contributed by atoms with E-state index in [0.29, 0.717) is 6.54 Å². The van der Waals surface area contributed by atoms with Crippen molar-refractivity contribution in [2.24, 2.45) is 11.8 Å². The van der Waals surface area contributed by atoms with Gasteiger partial charge in [-0.05, 0) is 50.3 Å². The molecule has 3 rings (SSSR count). The highest BCUT2D eigenvalue weighted by molar-refractivity contribution is 6.07. The number of amides is 3. The maximum atomic E-state index is 12.4. The second-order valence-electron chi connectivity index (χ2n) is 7.41. The van der Waals surface area contributed by atoms with Crippen molar-refractivity contribution in [1.29, 1.82) is 0 Å². The summed E-state index contributed by atoms with van der Waals surface area (Å²) in [4.78, 5) is 38.3. The highest BCUT2D eigenvalue weighted by Crippen LogP contribution is 2.37. The summed E-state index contributed by atoms with van der Waals surface area (Å²) in [6.45, 7) is 6.36. The Kier molecular flexibility index (Phi) is 4.93. The molecule has 2 atom stereocenters. The smallest absolute Gasteiger partial charge is 0.240 e. The van der Waals surface area contributed by atoms with Crippen LogP contribution in [0.25, 0.3) is 0 Å². The zero-order chi connectivity index (χ0) is 18.1. The Morgan fingerprint density at radius 3 is 2.08 bits per heavy atom. The molecule has 2 unspecified atom stereocenters. The van der Waals surface area contributed by atoms with Gasteiger partial charge in [-0.2, -0.15) is 0 Å². The van der Waals surface area contributed by atoms with E-state index in [1.807, 2.05) is 20.8 Å². The molecule has 0 spiro atoms. The molecule has 1 saturated heterocycles. The van der Waals surface area contributed by atoms with E-state index >= 15 is 0 Å². The molecule has 5 heteroatoms. The number of hydrogen-bond donors (Lipinski definition) is 1. The molecule has 1 aliphatic carbocycles. The number of likely N-dealkylation sites (tertiary alicyclic amines) is 1. The summed E-state index contributed by atoms with van der Waals surface area (Å²) in [5.41, 5.74) is 4.56. The minimum atomic E-state index is -0.278. The molecule has 0 aromatic heterocycles. The molecule has 25 heavy (non-hydrogen) atoms. The second-order valence-corrected chi connectivity index (χ2v) is 7.41. The number of aryl methyl sites for hydroxylation is 3. The second kappa shape index (κ2) is 6.98. The predicted molar refractivity (Wildman–Crippen MR) is 94.7 cm³/mol.